The highest BCUT2D eigenvalue weighted by Gasteiger charge is 2.19. The Hall–Kier alpha value is -0.610. The zero-order valence-corrected chi connectivity index (χ0v) is 12.3. The first kappa shape index (κ1) is 14.8. The molecular weight excluding hydrogens is 238 g/mol. The lowest BCUT2D eigenvalue weighted by Gasteiger charge is -2.24. The van der Waals surface area contributed by atoms with Crippen molar-refractivity contribution >= 4 is 5.91 Å². The van der Waals surface area contributed by atoms with E-state index in [2.05, 4.69) is 22.6 Å². The van der Waals surface area contributed by atoms with Gasteiger partial charge in [0.25, 0.3) is 0 Å². The highest BCUT2D eigenvalue weighted by molar-refractivity contribution is 5.77. The Labute approximate surface area is 117 Å². The maximum Gasteiger partial charge on any atom is 0.234 e. The van der Waals surface area contributed by atoms with Crippen molar-refractivity contribution in [3.05, 3.63) is 0 Å². The highest BCUT2D eigenvalue weighted by atomic mass is 16.1. The van der Waals surface area contributed by atoms with Crippen LogP contribution in [0.5, 0.6) is 0 Å². The fourth-order valence-corrected chi connectivity index (χ4v) is 3.33. The van der Waals surface area contributed by atoms with Crippen molar-refractivity contribution in [1.82, 2.24) is 15.5 Å². The highest BCUT2D eigenvalue weighted by Crippen LogP contribution is 2.21. The maximum absolute atomic E-state index is 11.7. The Balaban J connectivity index is 1.50. The third-order valence-electron chi connectivity index (χ3n) is 4.64. The summed E-state index contributed by atoms with van der Waals surface area (Å²) in [6.45, 7) is 2.23. The summed E-state index contributed by atoms with van der Waals surface area (Å²) in [7, 11) is 2.18. The molecule has 0 aromatic heterocycles. The number of likely N-dealkylation sites (N-methyl/N-ethyl adjacent to an activating group) is 1. The molecule has 2 aliphatic rings. The first-order chi connectivity index (χ1) is 9.25. The lowest BCUT2D eigenvalue weighted by molar-refractivity contribution is -0.120. The van der Waals surface area contributed by atoms with Crippen molar-refractivity contribution in [3.8, 4) is 0 Å². The van der Waals surface area contributed by atoms with Crippen LogP contribution in [0.25, 0.3) is 0 Å². The predicted octanol–water partition coefficient (Wildman–Crippen LogP) is 1.51. The first-order valence-corrected chi connectivity index (χ1v) is 7.96. The Morgan fingerprint density at radius 1 is 1.11 bits per heavy atom. The van der Waals surface area contributed by atoms with Gasteiger partial charge < -0.3 is 15.5 Å². The SMILES string of the molecule is CN(CCNC(=O)CNC1CCCC1)C1CCCC1. The van der Waals surface area contributed by atoms with Gasteiger partial charge in [0.2, 0.25) is 5.91 Å². The van der Waals surface area contributed by atoms with Crippen LogP contribution >= 0.6 is 0 Å². The fraction of sp³-hybridized carbons (Fsp3) is 0.933. The van der Waals surface area contributed by atoms with Gasteiger partial charge >= 0.3 is 0 Å². The van der Waals surface area contributed by atoms with Crippen LogP contribution in [0.4, 0.5) is 0 Å². The lowest BCUT2D eigenvalue weighted by Crippen LogP contribution is -2.42. The number of nitrogens with zero attached hydrogens (tertiary/aromatic N) is 1. The molecule has 4 heteroatoms. The van der Waals surface area contributed by atoms with E-state index in [4.69, 9.17) is 0 Å². The van der Waals surface area contributed by atoms with Crippen molar-refractivity contribution in [3.63, 3.8) is 0 Å². The molecule has 0 bridgehead atoms. The Bertz CT molecular complexity index is 271. The topological polar surface area (TPSA) is 44.4 Å². The van der Waals surface area contributed by atoms with E-state index in [1.165, 1.54) is 51.4 Å². The molecule has 0 radical (unpaired) electrons. The van der Waals surface area contributed by atoms with Crippen LogP contribution in [0.3, 0.4) is 0 Å². The maximum atomic E-state index is 11.7. The summed E-state index contributed by atoms with van der Waals surface area (Å²) in [6, 6.07) is 1.32. The molecule has 2 fully saturated rings. The Kier molecular flexibility index (Phi) is 6.11. The van der Waals surface area contributed by atoms with E-state index in [0.717, 1.165) is 19.1 Å². The molecule has 0 unspecified atom stereocenters. The molecule has 19 heavy (non-hydrogen) atoms. The second kappa shape index (κ2) is 7.85. The van der Waals surface area contributed by atoms with Gasteiger partial charge in [0, 0.05) is 25.2 Å². The summed E-state index contributed by atoms with van der Waals surface area (Å²) >= 11 is 0. The third kappa shape index (κ3) is 5.11. The molecular formula is C15H29N3O. The zero-order chi connectivity index (χ0) is 13.5. The molecule has 2 aliphatic carbocycles. The van der Waals surface area contributed by atoms with Crippen LogP contribution in [0.1, 0.15) is 51.4 Å². The van der Waals surface area contributed by atoms with Crippen molar-refractivity contribution in [1.29, 1.82) is 0 Å². The number of hydrogen-bond donors (Lipinski definition) is 2. The minimum atomic E-state index is 0.145. The number of nitrogens with one attached hydrogen (secondary N) is 2. The van der Waals surface area contributed by atoms with Gasteiger partial charge in [0.05, 0.1) is 6.54 Å². The molecule has 2 saturated carbocycles. The third-order valence-corrected chi connectivity index (χ3v) is 4.64. The molecule has 0 heterocycles. The number of rotatable bonds is 7. The van der Waals surface area contributed by atoms with E-state index >= 15 is 0 Å². The molecule has 110 valence electrons. The van der Waals surface area contributed by atoms with Gasteiger partial charge in [-0.3, -0.25) is 4.79 Å². The van der Waals surface area contributed by atoms with Crippen LogP contribution < -0.4 is 10.6 Å². The number of amides is 1. The predicted molar refractivity (Wildman–Crippen MR) is 78.2 cm³/mol. The van der Waals surface area contributed by atoms with Gasteiger partial charge in [-0.25, -0.2) is 0 Å². The molecule has 1 amide bonds. The summed E-state index contributed by atoms with van der Waals surface area (Å²) in [5.41, 5.74) is 0. The van der Waals surface area contributed by atoms with E-state index < -0.39 is 0 Å². The molecule has 2 N–H and O–H groups in total. The average molecular weight is 267 g/mol. The molecule has 4 nitrogen and oxygen atoms in total. The number of carbonyl (C=O) groups is 1. The molecule has 0 spiro atoms. The lowest BCUT2D eigenvalue weighted by atomic mass is 10.2. The molecule has 0 atom stereocenters. The van der Waals surface area contributed by atoms with E-state index in [1.807, 2.05) is 0 Å². The van der Waals surface area contributed by atoms with Crippen LogP contribution in [-0.2, 0) is 4.79 Å². The standard InChI is InChI=1S/C15H29N3O/c1-18(14-8-4-5-9-14)11-10-16-15(19)12-17-13-6-2-3-7-13/h13-14,17H,2-12H2,1H3,(H,16,19). The fourth-order valence-electron chi connectivity index (χ4n) is 3.33. The molecule has 0 aromatic carbocycles. The van der Waals surface area contributed by atoms with E-state index in [9.17, 15) is 4.79 Å². The first-order valence-electron chi connectivity index (χ1n) is 7.96. The monoisotopic (exact) mass is 267 g/mol. The van der Waals surface area contributed by atoms with E-state index in [1.54, 1.807) is 0 Å². The Morgan fingerprint density at radius 3 is 2.42 bits per heavy atom. The number of hydrogen-bond acceptors (Lipinski definition) is 3. The second-order valence-corrected chi connectivity index (χ2v) is 6.13. The molecule has 0 saturated heterocycles. The largest absolute Gasteiger partial charge is 0.354 e. The van der Waals surface area contributed by atoms with Gasteiger partial charge in [-0.15, -0.1) is 0 Å². The van der Waals surface area contributed by atoms with Crippen LogP contribution in [0.15, 0.2) is 0 Å². The van der Waals surface area contributed by atoms with Crippen LogP contribution in [0.2, 0.25) is 0 Å². The number of carbonyl (C=O) groups excluding carboxylic acids is 1. The summed E-state index contributed by atoms with van der Waals surface area (Å²) < 4.78 is 0. The second-order valence-electron chi connectivity index (χ2n) is 6.13. The summed E-state index contributed by atoms with van der Waals surface area (Å²) in [4.78, 5) is 14.1. The van der Waals surface area contributed by atoms with Gasteiger partial charge in [0.1, 0.15) is 0 Å². The minimum Gasteiger partial charge on any atom is -0.354 e. The summed E-state index contributed by atoms with van der Waals surface area (Å²) in [6.07, 6.45) is 10.5. The average Bonchev–Trinajstić information content (AvgIpc) is 3.09. The normalized spacial score (nSPS) is 21.4. The van der Waals surface area contributed by atoms with E-state index in [-0.39, 0.29) is 5.91 Å². The van der Waals surface area contributed by atoms with E-state index in [0.29, 0.717) is 12.6 Å². The Morgan fingerprint density at radius 2 is 1.74 bits per heavy atom. The zero-order valence-electron chi connectivity index (χ0n) is 12.3. The van der Waals surface area contributed by atoms with Gasteiger partial charge in [-0.2, -0.15) is 0 Å². The van der Waals surface area contributed by atoms with Crippen molar-refractivity contribution in [2.45, 2.75) is 63.5 Å². The smallest absolute Gasteiger partial charge is 0.234 e. The minimum absolute atomic E-state index is 0.145. The van der Waals surface area contributed by atoms with Crippen molar-refractivity contribution in [2.75, 3.05) is 26.7 Å². The van der Waals surface area contributed by atoms with Crippen molar-refractivity contribution in [2.24, 2.45) is 0 Å². The van der Waals surface area contributed by atoms with Gasteiger partial charge in [0.15, 0.2) is 0 Å². The van der Waals surface area contributed by atoms with Gasteiger partial charge in [-0.05, 0) is 32.7 Å². The van der Waals surface area contributed by atoms with Crippen molar-refractivity contribution < 1.29 is 4.79 Å². The quantitative estimate of drug-likeness (QED) is 0.735. The summed E-state index contributed by atoms with van der Waals surface area (Å²) in [5.74, 6) is 0.145. The summed E-state index contributed by atoms with van der Waals surface area (Å²) in [5, 5.41) is 6.37. The van der Waals surface area contributed by atoms with Crippen LogP contribution in [0, 0.1) is 0 Å². The van der Waals surface area contributed by atoms with Crippen LogP contribution in [-0.4, -0.2) is 49.6 Å². The molecule has 0 aliphatic heterocycles. The molecule has 2 rings (SSSR count). The molecule has 0 aromatic rings. The van der Waals surface area contributed by atoms with Gasteiger partial charge in [-0.1, -0.05) is 25.7 Å².